The number of anilines is 1. The van der Waals surface area contributed by atoms with E-state index in [1.807, 2.05) is 4.90 Å². The molecule has 1 aromatic rings. The van der Waals surface area contributed by atoms with E-state index in [0.717, 1.165) is 25.9 Å². The lowest BCUT2D eigenvalue weighted by molar-refractivity contribution is 0.0879. The third-order valence-electron chi connectivity index (χ3n) is 3.33. The minimum absolute atomic E-state index is 0.202. The van der Waals surface area contributed by atoms with Gasteiger partial charge < -0.3 is 14.1 Å². The van der Waals surface area contributed by atoms with Gasteiger partial charge >= 0.3 is 0 Å². The predicted molar refractivity (Wildman–Crippen MR) is 67.6 cm³/mol. The van der Waals surface area contributed by atoms with Crippen LogP contribution in [0.4, 0.5) is 10.4 Å². The topological polar surface area (TPSA) is 38.5 Å². The van der Waals surface area contributed by atoms with Crippen LogP contribution < -0.4 is 4.90 Å². The Kier molecular flexibility index (Phi) is 3.61. The average molecular weight is 256 g/mol. The van der Waals surface area contributed by atoms with Gasteiger partial charge in [-0.1, -0.05) is 0 Å². The molecule has 0 aromatic carbocycles. The number of ether oxygens (including phenoxy) is 1. The lowest BCUT2D eigenvalue weighted by Crippen LogP contribution is -2.39. The fourth-order valence-corrected chi connectivity index (χ4v) is 2.37. The number of oxazole rings is 1. The van der Waals surface area contributed by atoms with E-state index in [1.165, 1.54) is 13.8 Å². The van der Waals surface area contributed by atoms with E-state index in [2.05, 4.69) is 4.98 Å². The van der Waals surface area contributed by atoms with Crippen LogP contribution in [0.15, 0.2) is 4.42 Å². The second-order valence-electron chi connectivity index (χ2n) is 5.32. The maximum Gasteiger partial charge on any atom is 0.297 e. The van der Waals surface area contributed by atoms with Gasteiger partial charge in [-0.25, -0.2) is 4.39 Å². The zero-order chi connectivity index (χ0) is 13.3. The first kappa shape index (κ1) is 13.3. The van der Waals surface area contributed by atoms with Gasteiger partial charge in [0.1, 0.15) is 11.5 Å². The minimum atomic E-state index is -1.47. The fraction of sp³-hybridized carbons (Fsp3) is 0.769. The number of rotatable bonds is 3. The number of nitrogens with zero attached hydrogens (tertiary/aromatic N) is 2. The summed E-state index contributed by atoms with van der Waals surface area (Å²) >= 11 is 0. The number of alkyl halides is 1. The Morgan fingerprint density at radius 1 is 1.50 bits per heavy atom. The molecular weight excluding hydrogens is 235 g/mol. The van der Waals surface area contributed by atoms with Gasteiger partial charge in [0.15, 0.2) is 5.67 Å². The largest absolute Gasteiger partial charge is 0.429 e. The standard InChI is InChI=1S/C13H21FN2O2/c1-9-11(13(2,3)14)15-12(18-9)16-7-5-6-10(8-16)17-4/h10H,5-8H2,1-4H3. The molecule has 0 aliphatic carbocycles. The van der Waals surface area contributed by atoms with Crippen molar-refractivity contribution >= 4 is 6.01 Å². The second kappa shape index (κ2) is 4.88. The van der Waals surface area contributed by atoms with Crippen molar-refractivity contribution in [1.29, 1.82) is 0 Å². The maximum absolute atomic E-state index is 13.9. The van der Waals surface area contributed by atoms with Gasteiger partial charge in [-0.05, 0) is 33.6 Å². The molecule has 4 nitrogen and oxygen atoms in total. The molecule has 5 heteroatoms. The quantitative estimate of drug-likeness (QED) is 0.833. The lowest BCUT2D eigenvalue weighted by Gasteiger charge is -2.30. The number of methoxy groups -OCH3 is 1. The molecule has 1 saturated heterocycles. The third kappa shape index (κ3) is 2.66. The van der Waals surface area contributed by atoms with Crippen LogP contribution in [0, 0.1) is 6.92 Å². The highest BCUT2D eigenvalue weighted by molar-refractivity contribution is 5.32. The van der Waals surface area contributed by atoms with E-state index in [9.17, 15) is 4.39 Å². The molecule has 2 rings (SSSR count). The van der Waals surface area contributed by atoms with Crippen molar-refractivity contribution in [2.24, 2.45) is 0 Å². The zero-order valence-corrected chi connectivity index (χ0v) is 11.5. The van der Waals surface area contributed by atoms with E-state index >= 15 is 0 Å². The van der Waals surface area contributed by atoms with Gasteiger partial charge in [-0.3, -0.25) is 0 Å². The molecule has 1 aromatic heterocycles. The molecule has 1 unspecified atom stereocenters. The molecule has 1 aliphatic rings. The summed E-state index contributed by atoms with van der Waals surface area (Å²) in [6.07, 6.45) is 2.29. The molecule has 0 amide bonds. The molecule has 0 bridgehead atoms. The number of halogens is 1. The Hall–Kier alpha value is -1.10. The smallest absolute Gasteiger partial charge is 0.297 e. The molecule has 0 N–H and O–H groups in total. The Morgan fingerprint density at radius 3 is 2.78 bits per heavy atom. The normalized spacial score (nSPS) is 21.4. The Morgan fingerprint density at radius 2 is 2.22 bits per heavy atom. The Balaban J connectivity index is 2.19. The molecule has 1 fully saturated rings. The Labute approximate surface area is 107 Å². The molecule has 0 radical (unpaired) electrons. The first-order valence-electron chi connectivity index (χ1n) is 6.36. The number of hydrogen-bond acceptors (Lipinski definition) is 4. The number of hydrogen-bond donors (Lipinski definition) is 0. The summed E-state index contributed by atoms with van der Waals surface area (Å²) in [5.41, 5.74) is -1.08. The predicted octanol–water partition coefficient (Wildman–Crippen LogP) is 2.80. The summed E-state index contributed by atoms with van der Waals surface area (Å²) in [6, 6.07) is 0.509. The van der Waals surface area contributed by atoms with Crippen LogP contribution in [-0.4, -0.2) is 31.3 Å². The summed E-state index contributed by atoms with van der Waals surface area (Å²) in [4.78, 5) is 6.33. The lowest BCUT2D eigenvalue weighted by atomic mass is 10.1. The molecule has 2 heterocycles. The van der Waals surface area contributed by atoms with Crippen molar-refractivity contribution in [3.8, 4) is 0 Å². The molecule has 1 atom stereocenters. The van der Waals surface area contributed by atoms with Crippen LogP contribution in [0.2, 0.25) is 0 Å². The van der Waals surface area contributed by atoms with Crippen molar-refractivity contribution in [2.75, 3.05) is 25.1 Å². The fourth-order valence-electron chi connectivity index (χ4n) is 2.37. The van der Waals surface area contributed by atoms with Crippen molar-refractivity contribution in [2.45, 2.75) is 45.4 Å². The summed E-state index contributed by atoms with van der Waals surface area (Å²) in [7, 11) is 1.71. The molecule has 18 heavy (non-hydrogen) atoms. The average Bonchev–Trinajstić information content (AvgIpc) is 2.71. The van der Waals surface area contributed by atoms with Crippen molar-refractivity contribution in [3.63, 3.8) is 0 Å². The highest BCUT2D eigenvalue weighted by Gasteiger charge is 2.30. The molecule has 0 saturated carbocycles. The molecule has 102 valence electrons. The van der Waals surface area contributed by atoms with Crippen LogP contribution in [0.5, 0.6) is 0 Å². The molecular formula is C13H21FN2O2. The van der Waals surface area contributed by atoms with E-state index in [1.54, 1.807) is 14.0 Å². The summed E-state index contributed by atoms with van der Waals surface area (Å²) in [5.74, 6) is 0.553. The number of piperidine rings is 1. The van der Waals surface area contributed by atoms with Crippen LogP contribution >= 0.6 is 0 Å². The highest BCUT2D eigenvalue weighted by atomic mass is 19.1. The van der Waals surface area contributed by atoms with Gasteiger partial charge in [0.05, 0.1) is 6.10 Å². The van der Waals surface area contributed by atoms with E-state index < -0.39 is 5.67 Å². The van der Waals surface area contributed by atoms with Crippen LogP contribution in [0.25, 0.3) is 0 Å². The van der Waals surface area contributed by atoms with Gasteiger partial charge in [-0.2, -0.15) is 4.98 Å². The van der Waals surface area contributed by atoms with Gasteiger partial charge in [0.2, 0.25) is 0 Å². The van der Waals surface area contributed by atoms with Crippen LogP contribution in [0.3, 0.4) is 0 Å². The SMILES string of the molecule is COC1CCCN(c2nc(C(C)(C)F)c(C)o2)C1. The van der Waals surface area contributed by atoms with Gasteiger partial charge in [-0.15, -0.1) is 0 Å². The van der Waals surface area contributed by atoms with E-state index in [0.29, 0.717) is 17.5 Å². The van der Waals surface area contributed by atoms with Crippen molar-refractivity contribution in [3.05, 3.63) is 11.5 Å². The summed E-state index contributed by atoms with van der Waals surface area (Å²) in [5, 5.41) is 0. The number of aromatic nitrogens is 1. The van der Waals surface area contributed by atoms with Gasteiger partial charge in [0, 0.05) is 20.2 Å². The van der Waals surface area contributed by atoms with Crippen molar-refractivity contribution in [1.82, 2.24) is 4.98 Å². The summed E-state index contributed by atoms with van der Waals surface area (Å²) < 4.78 is 24.9. The minimum Gasteiger partial charge on any atom is -0.429 e. The maximum atomic E-state index is 13.9. The first-order chi connectivity index (χ1) is 8.41. The van der Waals surface area contributed by atoms with E-state index in [-0.39, 0.29) is 6.10 Å². The summed E-state index contributed by atoms with van der Waals surface area (Å²) in [6.45, 7) is 6.38. The van der Waals surface area contributed by atoms with Crippen LogP contribution in [-0.2, 0) is 10.4 Å². The molecule has 1 aliphatic heterocycles. The zero-order valence-electron chi connectivity index (χ0n) is 11.5. The van der Waals surface area contributed by atoms with Gasteiger partial charge in [0.25, 0.3) is 6.01 Å². The number of aryl methyl sites for hydroxylation is 1. The van der Waals surface area contributed by atoms with Crippen molar-refractivity contribution < 1.29 is 13.5 Å². The highest BCUT2D eigenvalue weighted by Crippen LogP contribution is 2.31. The first-order valence-corrected chi connectivity index (χ1v) is 6.36. The monoisotopic (exact) mass is 256 g/mol. The van der Waals surface area contributed by atoms with Crippen LogP contribution in [0.1, 0.15) is 38.1 Å². The molecule has 0 spiro atoms. The second-order valence-corrected chi connectivity index (χ2v) is 5.32. The Bertz CT molecular complexity index is 412. The van der Waals surface area contributed by atoms with E-state index in [4.69, 9.17) is 9.15 Å². The third-order valence-corrected chi connectivity index (χ3v) is 3.33.